The zero-order chi connectivity index (χ0) is 13.1. The lowest BCUT2D eigenvalue weighted by atomic mass is 10.1. The van der Waals surface area contributed by atoms with Crippen LogP contribution >= 0.6 is 0 Å². The van der Waals surface area contributed by atoms with Gasteiger partial charge in [-0.1, -0.05) is 20.3 Å². The fraction of sp³-hybridized carbons (Fsp3) is 0.846. The average Bonchev–Trinajstić information content (AvgIpc) is 2.29. The summed E-state index contributed by atoms with van der Waals surface area (Å²) in [6.07, 6.45) is 3.08. The minimum atomic E-state index is -0.250. The Hall–Kier alpha value is -1.06. The molecule has 0 fully saturated rings. The van der Waals surface area contributed by atoms with E-state index in [0.29, 0.717) is 32.0 Å². The van der Waals surface area contributed by atoms with Gasteiger partial charge in [0.1, 0.15) is 0 Å². The molecule has 4 heteroatoms. The maximum Gasteiger partial charge on any atom is 0.305 e. The van der Waals surface area contributed by atoms with E-state index in [-0.39, 0.29) is 18.4 Å². The lowest BCUT2D eigenvalue weighted by Gasteiger charge is -2.08. The predicted molar refractivity (Wildman–Crippen MR) is 65.5 cm³/mol. The van der Waals surface area contributed by atoms with E-state index in [1.54, 1.807) is 6.92 Å². The van der Waals surface area contributed by atoms with Crippen LogP contribution in [0.1, 0.15) is 52.9 Å². The predicted octanol–water partition coefficient (Wildman–Crippen LogP) is 2.70. The number of rotatable bonds is 9. The van der Waals surface area contributed by atoms with Crippen molar-refractivity contribution in [3.05, 3.63) is 0 Å². The second kappa shape index (κ2) is 10.1. The van der Waals surface area contributed by atoms with Crippen LogP contribution in [-0.4, -0.2) is 25.2 Å². The largest absolute Gasteiger partial charge is 0.466 e. The molecule has 0 N–H and O–H groups in total. The summed E-state index contributed by atoms with van der Waals surface area (Å²) in [5.74, 6) is 0.111. The molecule has 0 saturated heterocycles. The molecule has 0 aliphatic carbocycles. The summed E-state index contributed by atoms with van der Waals surface area (Å²) in [7, 11) is 0. The number of esters is 2. The average molecular weight is 244 g/mol. The zero-order valence-electron chi connectivity index (χ0n) is 11.2. The fourth-order valence-electron chi connectivity index (χ4n) is 1.26. The van der Waals surface area contributed by atoms with Crippen LogP contribution in [0.3, 0.4) is 0 Å². The Labute approximate surface area is 104 Å². The lowest BCUT2D eigenvalue weighted by molar-refractivity contribution is -0.145. The first kappa shape index (κ1) is 15.9. The maximum absolute atomic E-state index is 11.3. The van der Waals surface area contributed by atoms with Gasteiger partial charge in [-0.25, -0.2) is 0 Å². The molecule has 4 nitrogen and oxygen atoms in total. The van der Waals surface area contributed by atoms with E-state index in [1.807, 2.05) is 0 Å². The highest BCUT2D eigenvalue weighted by Crippen LogP contribution is 2.07. The normalized spacial score (nSPS) is 11.9. The highest BCUT2D eigenvalue weighted by Gasteiger charge is 2.07. The third kappa shape index (κ3) is 9.85. The summed E-state index contributed by atoms with van der Waals surface area (Å²) in [5, 5.41) is 0. The Morgan fingerprint density at radius 2 is 1.65 bits per heavy atom. The molecule has 0 rings (SSSR count). The molecule has 0 aromatic heterocycles. The van der Waals surface area contributed by atoms with E-state index < -0.39 is 0 Å². The Morgan fingerprint density at radius 1 is 1.06 bits per heavy atom. The molecular weight excluding hydrogens is 220 g/mol. The Balaban J connectivity index is 3.44. The Morgan fingerprint density at radius 3 is 2.18 bits per heavy atom. The molecule has 0 amide bonds. The number of hydrogen-bond acceptors (Lipinski definition) is 4. The van der Waals surface area contributed by atoms with Crippen molar-refractivity contribution in [2.75, 3.05) is 13.2 Å². The van der Waals surface area contributed by atoms with Gasteiger partial charge < -0.3 is 9.47 Å². The maximum atomic E-state index is 11.3. The van der Waals surface area contributed by atoms with Crippen LogP contribution in [0.4, 0.5) is 0 Å². The molecule has 1 atom stereocenters. The van der Waals surface area contributed by atoms with E-state index in [1.165, 1.54) is 0 Å². The van der Waals surface area contributed by atoms with Crippen molar-refractivity contribution in [1.29, 1.82) is 0 Å². The summed E-state index contributed by atoms with van der Waals surface area (Å²) < 4.78 is 9.83. The molecule has 0 aromatic carbocycles. The molecular formula is C13H24O4. The van der Waals surface area contributed by atoms with Crippen molar-refractivity contribution in [1.82, 2.24) is 0 Å². The van der Waals surface area contributed by atoms with Crippen molar-refractivity contribution in [3.8, 4) is 0 Å². The van der Waals surface area contributed by atoms with E-state index in [4.69, 9.17) is 9.47 Å². The second-order valence-electron chi connectivity index (χ2n) is 4.18. The van der Waals surface area contributed by atoms with Gasteiger partial charge in [-0.05, 0) is 25.7 Å². The zero-order valence-corrected chi connectivity index (χ0v) is 11.2. The van der Waals surface area contributed by atoms with Gasteiger partial charge in [0, 0.05) is 12.8 Å². The van der Waals surface area contributed by atoms with Gasteiger partial charge in [-0.15, -0.1) is 0 Å². The van der Waals surface area contributed by atoms with Crippen LogP contribution in [0.15, 0.2) is 0 Å². The summed E-state index contributed by atoms with van der Waals surface area (Å²) >= 11 is 0. The minimum Gasteiger partial charge on any atom is -0.466 e. The van der Waals surface area contributed by atoms with Crippen LogP contribution in [0.5, 0.6) is 0 Å². The fourth-order valence-corrected chi connectivity index (χ4v) is 1.26. The molecule has 0 aromatic rings. The summed E-state index contributed by atoms with van der Waals surface area (Å²) in [6, 6.07) is 0. The second-order valence-corrected chi connectivity index (χ2v) is 4.18. The molecule has 100 valence electrons. The van der Waals surface area contributed by atoms with Gasteiger partial charge in [0.05, 0.1) is 13.2 Å². The van der Waals surface area contributed by atoms with Gasteiger partial charge in [0.25, 0.3) is 0 Å². The van der Waals surface area contributed by atoms with E-state index >= 15 is 0 Å². The van der Waals surface area contributed by atoms with Crippen molar-refractivity contribution in [3.63, 3.8) is 0 Å². The van der Waals surface area contributed by atoms with Crippen LogP contribution in [0.2, 0.25) is 0 Å². The third-order valence-corrected chi connectivity index (χ3v) is 2.64. The number of carbonyl (C=O) groups excluding carboxylic acids is 2. The molecule has 1 unspecified atom stereocenters. The lowest BCUT2D eigenvalue weighted by Crippen LogP contribution is -2.10. The first-order chi connectivity index (χ1) is 8.10. The van der Waals surface area contributed by atoms with Crippen LogP contribution in [-0.2, 0) is 19.1 Å². The first-order valence-electron chi connectivity index (χ1n) is 6.41. The van der Waals surface area contributed by atoms with Crippen LogP contribution in [0, 0.1) is 5.92 Å². The van der Waals surface area contributed by atoms with E-state index in [9.17, 15) is 9.59 Å². The summed E-state index contributed by atoms with van der Waals surface area (Å²) in [5.41, 5.74) is 0. The molecule has 0 heterocycles. The summed E-state index contributed by atoms with van der Waals surface area (Å²) in [4.78, 5) is 22.3. The molecule has 0 bridgehead atoms. The van der Waals surface area contributed by atoms with Crippen molar-refractivity contribution < 1.29 is 19.1 Å². The molecule has 0 aliphatic rings. The van der Waals surface area contributed by atoms with Gasteiger partial charge in [-0.3, -0.25) is 9.59 Å². The molecule has 0 radical (unpaired) electrons. The highest BCUT2D eigenvalue weighted by molar-refractivity contribution is 5.72. The Bertz CT molecular complexity index is 225. The topological polar surface area (TPSA) is 52.6 Å². The van der Waals surface area contributed by atoms with Crippen LogP contribution in [0.25, 0.3) is 0 Å². The first-order valence-corrected chi connectivity index (χ1v) is 6.41. The molecule has 0 aliphatic heterocycles. The van der Waals surface area contributed by atoms with Gasteiger partial charge >= 0.3 is 11.9 Å². The van der Waals surface area contributed by atoms with Crippen molar-refractivity contribution in [2.24, 2.45) is 5.92 Å². The monoisotopic (exact) mass is 244 g/mol. The number of carbonyl (C=O) groups is 2. The van der Waals surface area contributed by atoms with E-state index in [2.05, 4.69) is 13.8 Å². The molecule has 0 saturated carbocycles. The highest BCUT2D eigenvalue weighted by atomic mass is 16.5. The molecule has 17 heavy (non-hydrogen) atoms. The van der Waals surface area contributed by atoms with Crippen LogP contribution < -0.4 is 0 Å². The van der Waals surface area contributed by atoms with Gasteiger partial charge in [0.2, 0.25) is 0 Å². The summed E-state index contributed by atoms with van der Waals surface area (Å²) in [6.45, 7) is 6.88. The number of ether oxygens (including phenoxy) is 2. The van der Waals surface area contributed by atoms with Gasteiger partial charge in [-0.2, -0.15) is 0 Å². The third-order valence-electron chi connectivity index (χ3n) is 2.64. The standard InChI is InChI=1S/C13H24O4/c1-4-11(3)9-10-17-13(15)8-6-7-12(14)16-5-2/h11H,4-10H2,1-3H3. The van der Waals surface area contributed by atoms with Crippen molar-refractivity contribution >= 4 is 11.9 Å². The molecule has 0 spiro atoms. The smallest absolute Gasteiger partial charge is 0.305 e. The van der Waals surface area contributed by atoms with E-state index in [0.717, 1.165) is 12.8 Å². The number of hydrogen-bond donors (Lipinski definition) is 0. The SMILES string of the molecule is CCOC(=O)CCCC(=O)OCCC(C)CC. The Kier molecular flexibility index (Phi) is 9.49. The van der Waals surface area contributed by atoms with Crippen molar-refractivity contribution in [2.45, 2.75) is 52.9 Å². The minimum absolute atomic E-state index is 0.224. The quantitative estimate of drug-likeness (QED) is 0.585. The van der Waals surface area contributed by atoms with Gasteiger partial charge in [0.15, 0.2) is 0 Å².